The molecule has 0 aliphatic carbocycles. The summed E-state index contributed by atoms with van der Waals surface area (Å²) >= 11 is 0. The Labute approximate surface area is 242 Å². The number of hydrogen-bond donors (Lipinski definition) is 1. The van der Waals surface area contributed by atoms with Gasteiger partial charge in [0.15, 0.2) is 0 Å². The molecular weight excluding hydrogens is 534 g/mol. The Morgan fingerprint density at radius 1 is 0.829 bits per heavy atom. The maximum Gasteiger partial charge on any atom is 0.264 e. The normalized spacial score (nSPS) is 13.6. The molecule has 1 aliphatic rings. The van der Waals surface area contributed by atoms with E-state index >= 15 is 0 Å². The predicted molar refractivity (Wildman–Crippen MR) is 161 cm³/mol. The molecule has 1 fully saturated rings. The van der Waals surface area contributed by atoms with E-state index in [2.05, 4.69) is 22.3 Å². The molecule has 0 saturated carbocycles. The first-order valence-electron chi connectivity index (χ1n) is 13.9. The lowest BCUT2D eigenvalue weighted by atomic mass is 10.1. The topological polar surface area (TPSA) is 79.0 Å². The number of carbonyl (C=O) groups is 1. The first-order valence-corrected chi connectivity index (χ1v) is 15.3. The van der Waals surface area contributed by atoms with Crippen LogP contribution in [-0.2, 0) is 27.9 Å². The number of aryl methyl sites for hydroxylation is 1. The Hall–Kier alpha value is -4.14. The van der Waals surface area contributed by atoms with Crippen LogP contribution in [0.2, 0.25) is 0 Å². The zero-order valence-electron chi connectivity index (χ0n) is 23.2. The second-order valence-electron chi connectivity index (χ2n) is 10.3. The lowest BCUT2D eigenvalue weighted by Gasteiger charge is -2.24. The van der Waals surface area contributed by atoms with Crippen molar-refractivity contribution in [1.82, 2.24) is 10.2 Å². The highest BCUT2D eigenvalue weighted by Gasteiger charge is 2.27. The second-order valence-corrected chi connectivity index (χ2v) is 12.2. The fourth-order valence-electron chi connectivity index (χ4n) is 4.88. The minimum atomic E-state index is -4.01. The highest BCUT2D eigenvalue weighted by molar-refractivity contribution is 7.92. The van der Waals surface area contributed by atoms with E-state index in [0.717, 1.165) is 35.1 Å². The molecule has 1 saturated heterocycles. The van der Waals surface area contributed by atoms with Crippen LogP contribution < -0.4 is 14.4 Å². The van der Waals surface area contributed by atoms with E-state index in [1.54, 1.807) is 48.5 Å². The van der Waals surface area contributed by atoms with Gasteiger partial charge in [0.05, 0.1) is 10.6 Å². The monoisotopic (exact) mass is 569 g/mol. The summed E-state index contributed by atoms with van der Waals surface area (Å²) in [7, 11) is -4.01. The lowest BCUT2D eigenvalue weighted by molar-refractivity contribution is -0.119. The molecule has 4 aromatic carbocycles. The molecule has 4 aromatic rings. The van der Waals surface area contributed by atoms with Crippen LogP contribution in [0.4, 0.5) is 5.69 Å². The summed E-state index contributed by atoms with van der Waals surface area (Å²) in [5.41, 5.74) is 3.50. The molecule has 1 heterocycles. The van der Waals surface area contributed by atoms with Crippen molar-refractivity contribution in [3.05, 3.63) is 120 Å². The number of sulfonamides is 1. The number of amides is 1. The summed E-state index contributed by atoms with van der Waals surface area (Å²) in [5, 5.41) is 2.91. The third-order valence-corrected chi connectivity index (χ3v) is 8.87. The summed E-state index contributed by atoms with van der Waals surface area (Å²) in [4.78, 5) is 15.7. The number of carbonyl (C=O) groups excluding carboxylic acids is 1. The van der Waals surface area contributed by atoms with Gasteiger partial charge in [-0.1, -0.05) is 60.2 Å². The van der Waals surface area contributed by atoms with Gasteiger partial charge in [0.2, 0.25) is 5.91 Å². The molecule has 8 heteroatoms. The summed E-state index contributed by atoms with van der Waals surface area (Å²) in [6, 6.07) is 30.8. The Morgan fingerprint density at radius 2 is 1.49 bits per heavy atom. The molecule has 0 radical (unpaired) electrons. The molecule has 1 aliphatic heterocycles. The highest BCUT2D eigenvalue weighted by atomic mass is 32.2. The fraction of sp³-hybridized carbons (Fsp3) is 0.242. The van der Waals surface area contributed by atoms with Crippen molar-refractivity contribution < 1.29 is 17.9 Å². The Kier molecular flexibility index (Phi) is 9.01. The predicted octanol–water partition coefficient (Wildman–Crippen LogP) is 5.89. The van der Waals surface area contributed by atoms with E-state index in [1.807, 2.05) is 49.4 Å². The number of nitrogens with zero attached hydrogens (tertiary/aromatic N) is 2. The third kappa shape index (κ3) is 7.54. The second kappa shape index (κ2) is 13.0. The number of hydrogen-bond acceptors (Lipinski definition) is 5. The lowest BCUT2D eigenvalue weighted by Crippen LogP contribution is -2.40. The molecule has 1 N–H and O–H groups in total. The average Bonchev–Trinajstić information content (AvgIpc) is 3.49. The van der Waals surface area contributed by atoms with Crippen molar-refractivity contribution in [2.45, 2.75) is 37.8 Å². The minimum absolute atomic E-state index is 0.120. The van der Waals surface area contributed by atoms with Crippen molar-refractivity contribution in [2.24, 2.45) is 0 Å². The number of para-hydroxylation sites is 1. The van der Waals surface area contributed by atoms with Crippen LogP contribution >= 0.6 is 0 Å². The van der Waals surface area contributed by atoms with Crippen LogP contribution in [0.15, 0.2) is 108 Å². The van der Waals surface area contributed by atoms with E-state index in [4.69, 9.17) is 4.74 Å². The van der Waals surface area contributed by atoms with Gasteiger partial charge in [-0.2, -0.15) is 0 Å². The van der Waals surface area contributed by atoms with Crippen molar-refractivity contribution in [1.29, 1.82) is 0 Å². The van der Waals surface area contributed by atoms with Gasteiger partial charge in [0.25, 0.3) is 10.0 Å². The van der Waals surface area contributed by atoms with Gasteiger partial charge in [-0.3, -0.25) is 14.0 Å². The molecular formula is C33H35N3O4S. The van der Waals surface area contributed by atoms with E-state index in [0.29, 0.717) is 23.7 Å². The number of likely N-dealkylation sites (tertiary alicyclic amines) is 1. The van der Waals surface area contributed by atoms with Crippen LogP contribution in [0.25, 0.3) is 0 Å². The Bertz CT molecular complexity index is 1550. The molecule has 0 aromatic heterocycles. The van der Waals surface area contributed by atoms with Crippen LogP contribution in [0.1, 0.15) is 29.5 Å². The molecule has 0 unspecified atom stereocenters. The van der Waals surface area contributed by atoms with Crippen molar-refractivity contribution in [2.75, 3.05) is 23.9 Å². The number of nitrogens with one attached hydrogen (secondary N) is 1. The average molecular weight is 570 g/mol. The Balaban J connectivity index is 1.31. The SMILES string of the molecule is Cc1ccc(S(=O)(=O)N(CC(=O)NCc2cccc(CN3CCCC3)c2)c2ccc(Oc3ccccc3)cc2)cc1. The van der Waals surface area contributed by atoms with Crippen LogP contribution in [0, 0.1) is 6.92 Å². The van der Waals surface area contributed by atoms with Crippen molar-refractivity contribution in [3.63, 3.8) is 0 Å². The summed E-state index contributed by atoms with van der Waals surface area (Å²) < 4.78 is 34.5. The fourth-order valence-corrected chi connectivity index (χ4v) is 6.30. The van der Waals surface area contributed by atoms with Gasteiger partial charge < -0.3 is 10.1 Å². The summed E-state index contributed by atoms with van der Waals surface area (Å²) in [6.07, 6.45) is 2.47. The standard InChI is InChI=1S/C33H35N3O4S/c1-26-12-18-32(19-13-26)41(38,39)36(29-14-16-31(17-15-29)40-30-10-3-2-4-11-30)25-33(37)34-23-27-8-7-9-28(22-27)24-35-20-5-6-21-35/h2-4,7-19,22H,5-6,20-21,23-25H2,1H3,(H,34,37). The third-order valence-electron chi connectivity index (χ3n) is 7.09. The zero-order chi connectivity index (χ0) is 28.7. The largest absolute Gasteiger partial charge is 0.457 e. The van der Waals surface area contributed by atoms with Gasteiger partial charge in [-0.15, -0.1) is 0 Å². The molecule has 212 valence electrons. The van der Waals surface area contributed by atoms with Crippen LogP contribution in [0.3, 0.4) is 0 Å². The molecule has 7 nitrogen and oxygen atoms in total. The van der Waals surface area contributed by atoms with Crippen molar-refractivity contribution in [3.8, 4) is 11.5 Å². The summed E-state index contributed by atoms with van der Waals surface area (Å²) in [5.74, 6) is 0.842. The smallest absolute Gasteiger partial charge is 0.264 e. The number of benzene rings is 4. The van der Waals surface area contributed by atoms with E-state index < -0.39 is 15.9 Å². The van der Waals surface area contributed by atoms with Crippen LogP contribution in [-0.4, -0.2) is 38.9 Å². The number of rotatable bonds is 11. The quantitative estimate of drug-likeness (QED) is 0.244. The first-order chi connectivity index (χ1) is 19.9. The molecule has 41 heavy (non-hydrogen) atoms. The molecule has 0 bridgehead atoms. The van der Waals surface area contributed by atoms with Gasteiger partial charge in [0.1, 0.15) is 18.0 Å². The van der Waals surface area contributed by atoms with Gasteiger partial charge in [-0.25, -0.2) is 8.42 Å². The van der Waals surface area contributed by atoms with Gasteiger partial charge >= 0.3 is 0 Å². The maximum absolute atomic E-state index is 13.7. The van der Waals surface area contributed by atoms with E-state index in [1.165, 1.54) is 18.4 Å². The highest BCUT2D eigenvalue weighted by Crippen LogP contribution is 2.28. The Morgan fingerprint density at radius 3 is 2.20 bits per heavy atom. The van der Waals surface area contributed by atoms with E-state index in [9.17, 15) is 13.2 Å². The van der Waals surface area contributed by atoms with Crippen LogP contribution in [0.5, 0.6) is 11.5 Å². The molecule has 0 atom stereocenters. The molecule has 1 amide bonds. The van der Waals surface area contributed by atoms with Gasteiger partial charge in [0, 0.05) is 13.1 Å². The minimum Gasteiger partial charge on any atom is -0.457 e. The number of ether oxygens (including phenoxy) is 1. The van der Waals surface area contributed by atoms with Gasteiger partial charge in [-0.05, 0) is 92.5 Å². The zero-order valence-corrected chi connectivity index (χ0v) is 24.0. The first kappa shape index (κ1) is 28.4. The van der Waals surface area contributed by atoms with E-state index in [-0.39, 0.29) is 11.4 Å². The maximum atomic E-state index is 13.7. The summed E-state index contributed by atoms with van der Waals surface area (Å²) in [6.45, 7) is 4.98. The molecule has 0 spiro atoms. The number of anilines is 1. The molecule has 5 rings (SSSR count). The van der Waals surface area contributed by atoms with Crippen molar-refractivity contribution >= 4 is 21.6 Å².